The second-order valence-corrected chi connectivity index (χ2v) is 7.32. The van der Waals surface area contributed by atoms with Crippen molar-refractivity contribution in [3.05, 3.63) is 41.0 Å². The molecule has 3 heterocycles. The molecule has 2 saturated heterocycles. The minimum atomic E-state index is -0.0504. The summed E-state index contributed by atoms with van der Waals surface area (Å²) in [5.74, 6) is 1.33. The van der Waals surface area contributed by atoms with E-state index < -0.39 is 0 Å². The molecular weight excluding hydrogens is 330 g/mol. The van der Waals surface area contributed by atoms with Gasteiger partial charge in [0.15, 0.2) is 5.82 Å². The zero-order valence-corrected chi connectivity index (χ0v) is 15.5. The highest BCUT2D eigenvalue weighted by Crippen LogP contribution is 2.34. The Kier molecular flexibility index (Phi) is 4.50. The van der Waals surface area contributed by atoms with Gasteiger partial charge in [0, 0.05) is 38.3 Å². The van der Waals surface area contributed by atoms with Gasteiger partial charge in [-0.05, 0) is 38.1 Å². The first-order valence-corrected chi connectivity index (χ1v) is 9.15. The Bertz CT molecular complexity index is 818. The average Bonchev–Trinajstić information content (AvgIpc) is 3.25. The average molecular weight is 355 g/mol. The molecule has 7 nitrogen and oxygen atoms in total. The number of amides is 1. The molecule has 138 valence electrons. The SMILES string of the molecule is Cc1cccc(N2CC(c3nc(C4CNCCN4C)no3)CC2=O)c1C. The van der Waals surface area contributed by atoms with E-state index in [0.29, 0.717) is 24.7 Å². The number of aryl methyl sites for hydroxylation is 1. The van der Waals surface area contributed by atoms with E-state index in [1.54, 1.807) is 0 Å². The normalized spacial score (nSPS) is 24.4. The van der Waals surface area contributed by atoms with Crippen LogP contribution in [-0.2, 0) is 4.79 Å². The fraction of sp³-hybridized carbons (Fsp3) is 0.526. The number of nitrogens with one attached hydrogen (secondary N) is 1. The van der Waals surface area contributed by atoms with E-state index in [2.05, 4.69) is 47.3 Å². The van der Waals surface area contributed by atoms with Crippen molar-refractivity contribution < 1.29 is 9.32 Å². The minimum absolute atomic E-state index is 0.0504. The van der Waals surface area contributed by atoms with E-state index in [4.69, 9.17) is 4.52 Å². The minimum Gasteiger partial charge on any atom is -0.339 e. The molecule has 1 amide bonds. The van der Waals surface area contributed by atoms with Gasteiger partial charge in [-0.3, -0.25) is 9.69 Å². The van der Waals surface area contributed by atoms with Crippen LogP contribution in [0.25, 0.3) is 0 Å². The Hall–Kier alpha value is -2.25. The number of carbonyl (C=O) groups excluding carboxylic acids is 1. The van der Waals surface area contributed by atoms with Crippen LogP contribution in [0, 0.1) is 13.8 Å². The maximum absolute atomic E-state index is 12.6. The van der Waals surface area contributed by atoms with Crippen LogP contribution in [0.1, 0.15) is 41.2 Å². The number of hydrogen-bond acceptors (Lipinski definition) is 6. The number of aromatic nitrogens is 2. The Morgan fingerprint density at radius 2 is 2.15 bits per heavy atom. The topological polar surface area (TPSA) is 74.5 Å². The van der Waals surface area contributed by atoms with Gasteiger partial charge in [0.2, 0.25) is 11.8 Å². The molecular formula is C19H25N5O2. The quantitative estimate of drug-likeness (QED) is 0.905. The first kappa shape index (κ1) is 17.2. The van der Waals surface area contributed by atoms with E-state index in [-0.39, 0.29) is 17.9 Å². The summed E-state index contributed by atoms with van der Waals surface area (Å²) in [5, 5.41) is 7.56. The lowest BCUT2D eigenvalue weighted by atomic mass is 10.1. The van der Waals surface area contributed by atoms with Crippen molar-refractivity contribution in [1.82, 2.24) is 20.4 Å². The van der Waals surface area contributed by atoms with Crippen LogP contribution in [0.4, 0.5) is 5.69 Å². The molecule has 2 aliphatic rings. The molecule has 2 unspecified atom stereocenters. The molecule has 0 saturated carbocycles. The van der Waals surface area contributed by atoms with Crippen molar-refractivity contribution in [3.8, 4) is 0 Å². The predicted molar refractivity (Wildman–Crippen MR) is 98.2 cm³/mol. The van der Waals surface area contributed by atoms with Gasteiger partial charge < -0.3 is 14.7 Å². The number of hydrogen-bond donors (Lipinski definition) is 1. The highest BCUT2D eigenvalue weighted by atomic mass is 16.5. The van der Waals surface area contributed by atoms with Gasteiger partial charge in [-0.25, -0.2) is 0 Å². The predicted octanol–water partition coefficient (Wildman–Crippen LogP) is 1.78. The van der Waals surface area contributed by atoms with Gasteiger partial charge in [-0.15, -0.1) is 0 Å². The number of likely N-dealkylation sites (N-methyl/N-ethyl adjacent to an activating group) is 1. The van der Waals surface area contributed by atoms with Crippen molar-refractivity contribution in [3.63, 3.8) is 0 Å². The standard InChI is InChI=1S/C19H25N5O2/c1-12-5-4-6-15(13(12)2)24-11-14(9-17(24)25)19-21-18(22-26-19)16-10-20-7-8-23(16)3/h4-6,14,16,20H,7-11H2,1-3H3. The lowest BCUT2D eigenvalue weighted by molar-refractivity contribution is -0.117. The fourth-order valence-corrected chi connectivity index (χ4v) is 3.78. The largest absolute Gasteiger partial charge is 0.339 e. The molecule has 2 aliphatic heterocycles. The third-order valence-electron chi connectivity index (χ3n) is 5.61. The molecule has 0 bridgehead atoms. The van der Waals surface area contributed by atoms with E-state index in [0.717, 1.165) is 30.9 Å². The number of benzene rings is 1. The molecule has 0 spiro atoms. The summed E-state index contributed by atoms with van der Waals surface area (Å²) in [4.78, 5) is 21.3. The summed E-state index contributed by atoms with van der Waals surface area (Å²) >= 11 is 0. The summed E-state index contributed by atoms with van der Waals surface area (Å²) in [6, 6.07) is 6.18. The smallest absolute Gasteiger partial charge is 0.232 e. The van der Waals surface area contributed by atoms with E-state index in [1.807, 2.05) is 17.0 Å². The van der Waals surface area contributed by atoms with Crippen LogP contribution < -0.4 is 10.2 Å². The number of anilines is 1. The van der Waals surface area contributed by atoms with Gasteiger partial charge in [0.05, 0.1) is 12.0 Å². The first-order valence-electron chi connectivity index (χ1n) is 9.15. The van der Waals surface area contributed by atoms with E-state index in [9.17, 15) is 4.79 Å². The third-order valence-corrected chi connectivity index (χ3v) is 5.61. The van der Waals surface area contributed by atoms with Crippen LogP contribution in [0.5, 0.6) is 0 Å². The second kappa shape index (κ2) is 6.81. The van der Waals surface area contributed by atoms with Crippen LogP contribution in [0.2, 0.25) is 0 Å². The van der Waals surface area contributed by atoms with Crippen molar-refractivity contribution in [2.75, 3.05) is 38.1 Å². The zero-order chi connectivity index (χ0) is 18.3. The van der Waals surface area contributed by atoms with Gasteiger partial charge >= 0.3 is 0 Å². The number of rotatable bonds is 3. The van der Waals surface area contributed by atoms with Crippen molar-refractivity contribution >= 4 is 11.6 Å². The monoisotopic (exact) mass is 355 g/mol. The highest BCUT2D eigenvalue weighted by molar-refractivity contribution is 5.97. The Morgan fingerprint density at radius 1 is 1.31 bits per heavy atom. The molecule has 0 aliphatic carbocycles. The lowest BCUT2D eigenvalue weighted by Crippen LogP contribution is -2.44. The second-order valence-electron chi connectivity index (χ2n) is 7.32. The summed E-state index contributed by atoms with van der Waals surface area (Å²) in [7, 11) is 2.07. The lowest BCUT2D eigenvalue weighted by Gasteiger charge is -2.30. The molecule has 2 atom stereocenters. The highest BCUT2D eigenvalue weighted by Gasteiger charge is 2.36. The molecule has 4 rings (SSSR count). The van der Waals surface area contributed by atoms with Gasteiger partial charge in [0.25, 0.3) is 0 Å². The van der Waals surface area contributed by atoms with Gasteiger partial charge in [-0.1, -0.05) is 17.3 Å². The first-order chi connectivity index (χ1) is 12.5. The molecule has 7 heteroatoms. The molecule has 26 heavy (non-hydrogen) atoms. The Morgan fingerprint density at radius 3 is 2.96 bits per heavy atom. The van der Waals surface area contributed by atoms with Crippen molar-refractivity contribution in [2.24, 2.45) is 0 Å². The van der Waals surface area contributed by atoms with E-state index in [1.165, 1.54) is 5.56 Å². The number of piperazine rings is 1. The fourth-order valence-electron chi connectivity index (χ4n) is 3.78. The van der Waals surface area contributed by atoms with Crippen LogP contribution >= 0.6 is 0 Å². The van der Waals surface area contributed by atoms with Crippen LogP contribution in [-0.4, -0.2) is 54.2 Å². The van der Waals surface area contributed by atoms with Crippen molar-refractivity contribution in [2.45, 2.75) is 32.2 Å². The van der Waals surface area contributed by atoms with Crippen molar-refractivity contribution in [1.29, 1.82) is 0 Å². The molecule has 0 radical (unpaired) electrons. The maximum atomic E-state index is 12.6. The Balaban J connectivity index is 1.53. The zero-order valence-electron chi connectivity index (χ0n) is 15.5. The van der Waals surface area contributed by atoms with Gasteiger partial charge in [-0.2, -0.15) is 4.98 Å². The Labute approximate surface area is 153 Å². The summed E-state index contributed by atoms with van der Waals surface area (Å²) in [5.41, 5.74) is 3.31. The molecule has 1 aromatic heterocycles. The molecule has 2 fully saturated rings. The molecule has 2 aromatic rings. The summed E-state index contributed by atoms with van der Waals surface area (Å²) in [6.45, 7) is 7.45. The van der Waals surface area contributed by atoms with Crippen LogP contribution in [0.15, 0.2) is 22.7 Å². The third kappa shape index (κ3) is 3.01. The summed E-state index contributed by atoms with van der Waals surface area (Å²) < 4.78 is 5.54. The van der Waals surface area contributed by atoms with E-state index >= 15 is 0 Å². The molecule has 1 N–H and O–H groups in total. The number of carbonyl (C=O) groups is 1. The molecule has 1 aromatic carbocycles. The number of nitrogens with zero attached hydrogens (tertiary/aromatic N) is 4. The van der Waals surface area contributed by atoms with Gasteiger partial charge in [0.1, 0.15) is 0 Å². The maximum Gasteiger partial charge on any atom is 0.232 e. The van der Waals surface area contributed by atoms with Crippen LogP contribution in [0.3, 0.4) is 0 Å². The summed E-state index contributed by atoms with van der Waals surface area (Å²) in [6.07, 6.45) is 0.410.